The first-order valence-corrected chi connectivity index (χ1v) is 5.61. The number of phenols is 2. The molecule has 0 saturated heterocycles. The molecule has 1 saturated carbocycles. The Morgan fingerprint density at radius 3 is 2.35 bits per heavy atom. The van der Waals surface area contributed by atoms with Gasteiger partial charge in [-0.2, -0.15) is 0 Å². The largest absolute Gasteiger partial charge is 0.507 e. The number of rotatable bonds is 3. The summed E-state index contributed by atoms with van der Waals surface area (Å²) >= 11 is 0. The molecular formula is C12H16N2O3. The van der Waals surface area contributed by atoms with E-state index in [2.05, 4.69) is 5.32 Å². The van der Waals surface area contributed by atoms with Crippen LogP contribution < -0.4 is 11.1 Å². The molecule has 2 rings (SSSR count). The van der Waals surface area contributed by atoms with E-state index in [0.717, 1.165) is 19.3 Å². The van der Waals surface area contributed by atoms with Crippen LogP contribution in [0.3, 0.4) is 0 Å². The molecule has 0 aliphatic heterocycles. The quantitative estimate of drug-likeness (QED) is 0.621. The zero-order valence-corrected chi connectivity index (χ0v) is 9.44. The molecule has 0 spiro atoms. The number of amides is 1. The number of hydrogen-bond donors (Lipinski definition) is 4. The lowest BCUT2D eigenvalue weighted by Crippen LogP contribution is -2.58. The summed E-state index contributed by atoms with van der Waals surface area (Å²) in [6.45, 7) is 0.368. The van der Waals surface area contributed by atoms with Crippen molar-refractivity contribution in [3.05, 3.63) is 23.8 Å². The second kappa shape index (κ2) is 4.25. The highest BCUT2D eigenvalue weighted by molar-refractivity contribution is 5.99. The number of aromatic hydroxyl groups is 2. The van der Waals surface area contributed by atoms with Crippen LogP contribution in [0.5, 0.6) is 11.5 Å². The highest BCUT2D eigenvalue weighted by Crippen LogP contribution is 2.33. The van der Waals surface area contributed by atoms with E-state index in [1.165, 1.54) is 18.2 Å². The fourth-order valence-corrected chi connectivity index (χ4v) is 2.05. The molecule has 0 atom stereocenters. The Hall–Kier alpha value is -1.75. The van der Waals surface area contributed by atoms with Crippen molar-refractivity contribution in [1.82, 2.24) is 5.32 Å². The predicted octanol–water partition coefficient (Wildman–Crippen LogP) is 0.709. The smallest absolute Gasteiger partial charge is 0.259 e. The maximum atomic E-state index is 12.0. The van der Waals surface area contributed by atoms with Crippen molar-refractivity contribution in [3.63, 3.8) is 0 Å². The highest BCUT2D eigenvalue weighted by atomic mass is 16.3. The Labute approximate surface area is 99.3 Å². The van der Waals surface area contributed by atoms with Crippen molar-refractivity contribution in [2.45, 2.75) is 24.8 Å². The van der Waals surface area contributed by atoms with Gasteiger partial charge in [0.1, 0.15) is 17.1 Å². The molecule has 1 aromatic carbocycles. The van der Waals surface area contributed by atoms with E-state index in [9.17, 15) is 15.0 Å². The second-order valence-corrected chi connectivity index (χ2v) is 4.46. The molecule has 1 amide bonds. The number of nitrogens with two attached hydrogens (primary N) is 1. The molecule has 5 nitrogen and oxygen atoms in total. The Kier molecular flexibility index (Phi) is 2.93. The third-order valence-electron chi connectivity index (χ3n) is 3.33. The summed E-state index contributed by atoms with van der Waals surface area (Å²) in [6.07, 6.45) is 2.71. The molecule has 17 heavy (non-hydrogen) atoms. The van der Waals surface area contributed by atoms with E-state index < -0.39 is 5.91 Å². The van der Waals surface area contributed by atoms with E-state index in [4.69, 9.17) is 5.73 Å². The number of phenolic OH excluding ortho intramolecular Hbond substituents is 2. The topological polar surface area (TPSA) is 95.6 Å². The summed E-state index contributed by atoms with van der Waals surface area (Å²) in [4.78, 5) is 12.0. The van der Waals surface area contributed by atoms with Gasteiger partial charge in [0, 0.05) is 6.54 Å². The van der Waals surface area contributed by atoms with Crippen LogP contribution in [0.1, 0.15) is 29.6 Å². The summed E-state index contributed by atoms with van der Waals surface area (Å²) in [5, 5.41) is 21.9. The lowest BCUT2D eigenvalue weighted by molar-refractivity contribution is 0.0832. The van der Waals surface area contributed by atoms with Crippen molar-refractivity contribution in [1.29, 1.82) is 0 Å². The zero-order chi connectivity index (χ0) is 12.5. The average molecular weight is 236 g/mol. The molecule has 1 aliphatic rings. The molecular weight excluding hydrogens is 220 g/mol. The van der Waals surface area contributed by atoms with E-state index in [-0.39, 0.29) is 22.6 Å². The third-order valence-corrected chi connectivity index (χ3v) is 3.33. The van der Waals surface area contributed by atoms with Crippen molar-refractivity contribution in [3.8, 4) is 11.5 Å². The summed E-state index contributed by atoms with van der Waals surface area (Å²) < 4.78 is 0. The van der Waals surface area contributed by atoms with Crippen LogP contribution in [-0.2, 0) is 0 Å². The van der Waals surface area contributed by atoms with Gasteiger partial charge in [-0.05, 0) is 31.4 Å². The molecule has 0 unspecified atom stereocenters. The van der Waals surface area contributed by atoms with Gasteiger partial charge in [0.15, 0.2) is 0 Å². The van der Waals surface area contributed by atoms with Crippen molar-refractivity contribution < 1.29 is 15.0 Å². The highest BCUT2D eigenvalue weighted by Gasteiger charge is 2.37. The number of carbonyl (C=O) groups excluding carboxylic acids is 1. The summed E-state index contributed by atoms with van der Waals surface area (Å²) in [5.41, 5.74) is 5.17. The van der Waals surface area contributed by atoms with Crippen molar-refractivity contribution in [2.24, 2.45) is 5.73 Å². The fourth-order valence-electron chi connectivity index (χ4n) is 2.05. The Morgan fingerprint density at radius 1 is 1.35 bits per heavy atom. The maximum absolute atomic E-state index is 12.0. The van der Waals surface area contributed by atoms with E-state index in [0.29, 0.717) is 6.54 Å². The summed E-state index contributed by atoms with van der Waals surface area (Å²) in [5.74, 6) is -0.936. The molecule has 0 heterocycles. The first kappa shape index (κ1) is 11.7. The standard InChI is InChI=1S/C12H16N2O3/c13-7-12(5-2-6-12)14-11(17)10-8(15)3-1-4-9(10)16/h1,3-4,15-16H,2,5-7,13H2,(H,14,17). The molecule has 5 N–H and O–H groups in total. The van der Waals surface area contributed by atoms with Gasteiger partial charge < -0.3 is 21.3 Å². The lowest BCUT2D eigenvalue weighted by Gasteiger charge is -2.41. The van der Waals surface area contributed by atoms with Gasteiger partial charge in [0.05, 0.1) is 5.54 Å². The normalized spacial score (nSPS) is 17.2. The fraction of sp³-hybridized carbons (Fsp3) is 0.417. The first-order chi connectivity index (χ1) is 8.08. The molecule has 0 aromatic heterocycles. The molecule has 5 heteroatoms. The van der Waals surface area contributed by atoms with Crippen LogP contribution in [0, 0.1) is 0 Å². The Morgan fingerprint density at radius 2 is 1.94 bits per heavy atom. The van der Waals surface area contributed by atoms with Gasteiger partial charge in [-0.1, -0.05) is 6.07 Å². The van der Waals surface area contributed by atoms with E-state index in [1.54, 1.807) is 0 Å². The van der Waals surface area contributed by atoms with Crippen LogP contribution in [0.4, 0.5) is 0 Å². The summed E-state index contributed by atoms with van der Waals surface area (Å²) in [7, 11) is 0. The minimum atomic E-state index is -0.481. The molecule has 1 aliphatic carbocycles. The molecule has 92 valence electrons. The summed E-state index contributed by atoms with van der Waals surface area (Å²) in [6, 6.07) is 4.21. The van der Waals surface area contributed by atoms with Crippen LogP contribution in [0.25, 0.3) is 0 Å². The van der Waals surface area contributed by atoms with Gasteiger partial charge >= 0.3 is 0 Å². The van der Waals surface area contributed by atoms with Gasteiger partial charge in [-0.25, -0.2) is 0 Å². The number of nitrogens with one attached hydrogen (secondary N) is 1. The first-order valence-electron chi connectivity index (χ1n) is 5.61. The third kappa shape index (κ3) is 2.06. The second-order valence-electron chi connectivity index (χ2n) is 4.46. The lowest BCUT2D eigenvalue weighted by atomic mass is 9.76. The molecule has 1 fully saturated rings. The number of hydrogen-bond acceptors (Lipinski definition) is 4. The number of benzene rings is 1. The Bertz CT molecular complexity index is 416. The van der Waals surface area contributed by atoms with Gasteiger partial charge in [0.25, 0.3) is 5.91 Å². The van der Waals surface area contributed by atoms with Crippen molar-refractivity contribution in [2.75, 3.05) is 6.54 Å². The minimum Gasteiger partial charge on any atom is -0.507 e. The van der Waals surface area contributed by atoms with Gasteiger partial charge in [-0.3, -0.25) is 4.79 Å². The minimum absolute atomic E-state index is 0.0905. The van der Waals surface area contributed by atoms with Gasteiger partial charge in [0.2, 0.25) is 0 Å². The maximum Gasteiger partial charge on any atom is 0.259 e. The number of carbonyl (C=O) groups is 1. The van der Waals surface area contributed by atoms with Crippen LogP contribution >= 0.6 is 0 Å². The van der Waals surface area contributed by atoms with Crippen molar-refractivity contribution >= 4 is 5.91 Å². The SMILES string of the molecule is NCC1(NC(=O)c2c(O)cccc2O)CCC1. The monoisotopic (exact) mass is 236 g/mol. The zero-order valence-electron chi connectivity index (χ0n) is 9.44. The van der Waals surface area contributed by atoms with E-state index >= 15 is 0 Å². The molecule has 0 radical (unpaired) electrons. The van der Waals surface area contributed by atoms with Crippen LogP contribution in [-0.4, -0.2) is 28.2 Å². The average Bonchev–Trinajstić information content (AvgIpc) is 2.23. The van der Waals surface area contributed by atoms with E-state index in [1.807, 2.05) is 0 Å². The van der Waals surface area contributed by atoms with Gasteiger partial charge in [-0.15, -0.1) is 0 Å². The predicted molar refractivity (Wildman–Crippen MR) is 62.9 cm³/mol. The molecule has 1 aromatic rings. The Balaban J connectivity index is 2.20. The molecule has 0 bridgehead atoms. The van der Waals surface area contributed by atoms with Crippen LogP contribution in [0.15, 0.2) is 18.2 Å². The van der Waals surface area contributed by atoms with Crippen LogP contribution in [0.2, 0.25) is 0 Å².